The highest BCUT2D eigenvalue weighted by Gasteiger charge is 2.62. The molecule has 14 nitrogen and oxygen atoms in total. The number of likely N-dealkylation sites (tertiary alicyclic amines) is 1. The average molecular weight is 748 g/mol. The summed E-state index contributed by atoms with van der Waals surface area (Å²) < 4.78 is 44.9. The summed E-state index contributed by atoms with van der Waals surface area (Å²) in [7, 11) is -2.43. The third kappa shape index (κ3) is 8.35. The minimum absolute atomic E-state index is 0.0142. The predicted molar refractivity (Wildman–Crippen MR) is 190 cm³/mol. The van der Waals surface area contributed by atoms with Gasteiger partial charge in [-0.15, -0.1) is 6.58 Å². The largest absolute Gasteiger partial charge is 0.493 e. The van der Waals surface area contributed by atoms with Crippen molar-refractivity contribution in [2.45, 2.75) is 102 Å². The number of alkyl carbamates (subject to hydrolysis) is 1. The number of benzene rings is 1. The molecule has 2 saturated carbocycles. The fraction of sp³-hybridized carbons (Fsp3) is 0.571. The van der Waals surface area contributed by atoms with Crippen molar-refractivity contribution < 1.29 is 41.8 Å². The molecule has 2 heterocycles. The number of halogens is 1. The quantitative estimate of drug-likeness (QED) is 0.226. The van der Waals surface area contributed by atoms with Crippen LogP contribution in [0.1, 0.15) is 67.2 Å². The second-order valence-electron chi connectivity index (χ2n) is 15.4. The van der Waals surface area contributed by atoms with Gasteiger partial charge in [0.25, 0.3) is 5.91 Å². The van der Waals surface area contributed by atoms with E-state index >= 15 is 0 Å². The SMILES string of the molecule is C=C[C@@H]1C[C@]1(NC(=O)[C@H]1C[C@@H](Oc2cc3c(Cl)nccc3cc2OC)CN1C(=O)[C@@H](NC(=O)OC(C)(C)C)C(C)(C)C)C(=O)NS(=O)(=O)C1CC1. The number of fused-ring (bicyclic) bond motifs is 1. The molecule has 4 amide bonds. The number of nitrogens with one attached hydrogen (secondary N) is 3. The summed E-state index contributed by atoms with van der Waals surface area (Å²) in [5, 5.41) is 6.40. The summed E-state index contributed by atoms with van der Waals surface area (Å²) in [6, 6.07) is 2.86. The fourth-order valence-electron chi connectivity index (χ4n) is 6.21. The van der Waals surface area contributed by atoms with Crippen LogP contribution in [0.3, 0.4) is 0 Å². The number of carbonyl (C=O) groups is 4. The first kappa shape index (κ1) is 38.1. The van der Waals surface area contributed by atoms with Gasteiger partial charge in [-0.05, 0) is 69.0 Å². The molecule has 3 N–H and O–H groups in total. The second-order valence-corrected chi connectivity index (χ2v) is 17.8. The molecular formula is C35H46ClN5O9S. The van der Waals surface area contributed by atoms with Crippen LogP contribution in [-0.2, 0) is 29.1 Å². The number of amides is 4. The Kier molecular flexibility index (Phi) is 10.3. The van der Waals surface area contributed by atoms with Crippen LogP contribution in [0.15, 0.2) is 37.1 Å². The summed E-state index contributed by atoms with van der Waals surface area (Å²) in [6.45, 7) is 14.1. The van der Waals surface area contributed by atoms with E-state index in [0.29, 0.717) is 29.7 Å². The second kappa shape index (κ2) is 13.8. The van der Waals surface area contributed by atoms with Crippen molar-refractivity contribution >= 4 is 56.2 Å². The number of sulfonamides is 1. The van der Waals surface area contributed by atoms with Crippen molar-refractivity contribution in [3.05, 3.63) is 42.2 Å². The summed E-state index contributed by atoms with van der Waals surface area (Å²) in [6.07, 6.45) is 2.49. The lowest BCUT2D eigenvalue weighted by Gasteiger charge is -2.36. The fourth-order valence-corrected chi connectivity index (χ4v) is 7.79. The molecule has 5 rings (SSSR count). The Balaban J connectivity index is 1.46. The number of ether oxygens (including phenoxy) is 3. The van der Waals surface area contributed by atoms with E-state index in [-0.39, 0.29) is 24.5 Å². The molecule has 1 aliphatic heterocycles. The summed E-state index contributed by atoms with van der Waals surface area (Å²) in [5.41, 5.74) is -3.24. The van der Waals surface area contributed by atoms with Crippen LogP contribution in [0.2, 0.25) is 5.15 Å². The molecule has 0 spiro atoms. The minimum Gasteiger partial charge on any atom is -0.493 e. The summed E-state index contributed by atoms with van der Waals surface area (Å²) in [4.78, 5) is 60.5. The zero-order chi connectivity index (χ0) is 37.7. The maximum absolute atomic E-state index is 14.4. The summed E-state index contributed by atoms with van der Waals surface area (Å²) in [5.74, 6) is -1.99. The van der Waals surface area contributed by atoms with Crippen molar-refractivity contribution in [2.24, 2.45) is 11.3 Å². The first-order chi connectivity index (χ1) is 23.7. The van der Waals surface area contributed by atoms with Gasteiger partial charge < -0.3 is 29.7 Å². The normalized spacial score (nSPS) is 23.9. The van der Waals surface area contributed by atoms with Gasteiger partial charge in [-0.1, -0.05) is 38.4 Å². The molecule has 1 aromatic heterocycles. The van der Waals surface area contributed by atoms with E-state index in [1.807, 2.05) is 0 Å². The highest BCUT2D eigenvalue weighted by molar-refractivity contribution is 7.91. The highest BCUT2D eigenvalue weighted by atomic mass is 35.5. The van der Waals surface area contributed by atoms with E-state index in [0.717, 1.165) is 5.39 Å². The van der Waals surface area contributed by atoms with Crippen molar-refractivity contribution in [3.8, 4) is 11.5 Å². The molecular weight excluding hydrogens is 702 g/mol. The number of carbonyl (C=O) groups excluding carboxylic acids is 4. The van der Waals surface area contributed by atoms with E-state index in [1.54, 1.807) is 65.9 Å². The molecule has 2 aliphatic carbocycles. The molecule has 0 bridgehead atoms. The maximum atomic E-state index is 14.4. The molecule has 0 unspecified atom stereocenters. The van der Waals surface area contributed by atoms with Gasteiger partial charge in [-0.3, -0.25) is 19.1 Å². The van der Waals surface area contributed by atoms with E-state index in [2.05, 4.69) is 26.9 Å². The lowest BCUT2D eigenvalue weighted by molar-refractivity contribution is -0.143. The van der Waals surface area contributed by atoms with Gasteiger partial charge >= 0.3 is 6.09 Å². The monoisotopic (exact) mass is 747 g/mol. The van der Waals surface area contributed by atoms with E-state index < -0.39 is 79.7 Å². The predicted octanol–water partition coefficient (Wildman–Crippen LogP) is 3.85. The number of pyridine rings is 1. The lowest BCUT2D eigenvalue weighted by atomic mass is 9.85. The van der Waals surface area contributed by atoms with Gasteiger partial charge in [0.15, 0.2) is 11.5 Å². The molecule has 0 radical (unpaired) electrons. The zero-order valence-electron chi connectivity index (χ0n) is 29.9. The Morgan fingerprint density at radius 3 is 2.37 bits per heavy atom. The molecule has 278 valence electrons. The molecule has 2 aromatic rings. The molecule has 5 atom stereocenters. The zero-order valence-corrected chi connectivity index (χ0v) is 31.4. The molecule has 51 heavy (non-hydrogen) atoms. The average Bonchev–Trinajstić information content (AvgIpc) is 3.95. The summed E-state index contributed by atoms with van der Waals surface area (Å²) >= 11 is 6.37. The van der Waals surface area contributed by atoms with Gasteiger partial charge in [-0.25, -0.2) is 18.2 Å². The van der Waals surface area contributed by atoms with Gasteiger partial charge in [0, 0.05) is 23.9 Å². The molecule has 3 fully saturated rings. The smallest absolute Gasteiger partial charge is 0.408 e. The Labute approximate surface area is 303 Å². The molecule has 1 saturated heterocycles. The van der Waals surface area contributed by atoms with Crippen molar-refractivity contribution in [3.63, 3.8) is 0 Å². The third-order valence-electron chi connectivity index (χ3n) is 9.17. The number of hydrogen-bond donors (Lipinski definition) is 3. The van der Waals surface area contributed by atoms with Gasteiger partial charge in [0.1, 0.15) is 34.5 Å². The minimum atomic E-state index is -3.91. The van der Waals surface area contributed by atoms with Crippen LogP contribution in [0.25, 0.3) is 10.8 Å². The number of rotatable bonds is 11. The number of methoxy groups -OCH3 is 1. The first-order valence-electron chi connectivity index (χ1n) is 16.8. The number of aromatic nitrogens is 1. The maximum Gasteiger partial charge on any atom is 0.408 e. The van der Waals surface area contributed by atoms with Crippen LogP contribution < -0.4 is 24.8 Å². The van der Waals surface area contributed by atoms with E-state index in [9.17, 15) is 27.6 Å². The van der Waals surface area contributed by atoms with E-state index in [1.165, 1.54) is 18.1 Å². The first-order valence-corrected chi connectivity index (χ1v) is 18.7. The van der Waals surface area contributed by atoms with Gasteiger partial charge in [0.05, 0.1) is 18.9 Å². The number of hydrogen-bond acceptors (Lipinski definition) is 10. The van der Waals surface area contributed by atoms with Crippen LogP contribution in [-0.4, -0.2) is 90.3 Å². The van der Waals surface area contributed by atoms with Gasteiger partial charge in [0.2, 0.25) is 21.8 Å². The van der Waals surface area contributed by atoms with Crippen LogP contribution in [0, 0.1) is 11.3 Å². The van der Waals surface area contributed by atoms with Crippen LogP contribution in [0.4, 0.5) is 4.79 Å². The Morgan fingerprint density at radius 1 is 1.12 bits per heavy atom. The lowest BCUT2D eigenvalue weighted by Crippen LogP contribution is -2.60. The van der Waals surface area contributed by atoms with Crippen molar-refractivity contribution in [1.29, 1.82) is 0 Å². The number of nitrogens with zero attached hydrogens (tertiary/aromatic N) is 2. The topological polar surface area (TPSA) is 182 Å². The Morgan fingerprint density at radius 2 is 1.80 bits per heavy atom. The molecule has 3 aliphatic rings. The van der Waals surface area contributed by atoms with Crippen LogP contribution in [0.5, 0.6) is 11.5 Å². The van der Waals surface area contributed by atoms with Crippen molar-refractivity contribution in [1.82, 2.24) is 25.2 Å². The van der Waals surface area contributed by atoms with Gasteiger partial charge in [-0.2, -0.15) is 0 Å². The molecule has 1 aromatic carbocycles. The van der Waals surface area contributed by atoms with E-state index in [4.69, 9.17) is 25.8 Å². The molecule has 16 heteroatoms. The standard InChI is InChI=1S/C35H46ClN5O9S/c1-9-20-17-35(20,31(44)40-51(46,47)22-10-11-22)39-29(42)24-15-21(49-26-16-23-19(14-25(26)48-8)12-13-37-28(23)36)18-41(24)30(43)27(33(2,3)4)38-32(45)50-34(5,6)7/h9,12-14,16,20-22,24,27H,1,10-11,15,17-18H2,2-8H3,(H,38,45)(H,39,42)(H,40,44)/t20-,21-,24-,27-,35-/m1/s1. The Hall–Kier alpha value is -4.11. The Bertz CT molecular complexity index is 1850. The highest BCUT2D eigenvalue weighted by Crippen LogP contribution is 2.46. The van der Waals surface area contributed by atoms with Crippen molar-refractivity contribution in [2.75, 3.05) is 13.7 Å². The van der Waals surface area contributed by atoms with Crippen LogP contribution >= 0.6 is 11.6 Å². The third-order valence-corrected chi connectivity index (χ3v) is 11.3.